The summed E-state index contributed by atoms with van der Waals surface area (Å²) in [7, 11) is 0. The highest BCUT2D eigenvalue weighted by molar-refractivity contribution is 7.12. The van der Waals surface area contributed by atoms with E-state index in [1.807, 2.05) is 11.3 Å². The summed E-state index contributed by atoms with van der Waals surface area (Å²) >= 11 is 1.84. The van der Waals surface area contributed by atoms with E-state index >= 15 is 0 Å². The Hall–Kier alpha value is -2.10. The molecule has 2 nitrogen and oxygen atoms in total. The van der Waals surface area contributed by atoms with Gasteiger partial charge in [-0.25, -0.2) is 0 Å². The molecular weight excluding hydrogens is 288 g/mol. The van der Waals surface area contributed by atoms with Crippen molar-refractivity contribution in [2.24, 2.45) is 0 Å². The van der Waals surface area contributed by atoms with E-state index in [0.29, 0.717) is 0 Å². The van der Waals surface area contributed by atoms with Crippen molar-refractivity contribution in [2.75, 3.05) is 5.32 Å². The zero-order valence-electron chi connectivity index (χ0n) is 12.4. The molecule has 1 aliphatic rings. The predicted molar refractivity (Wildman–Crippen MR) is 93.3 cm³/mol. The van der Waals surface area contributed by atoms with Crippen LogP contribution in [0, 0.1) is 6.92 Å². The van der Waals surface area contributed by atoms with Crippen LogP contribution in [-0.2, 0) is 0 Å². The van der Waals surface area contributed by atoms with Crippen molar-refractivity contribution in [3.8, 4) is 0 Å². The molecule has 0 amide bonds. The third-order valence-electron chi connectivity index (χ3n) is 4.08. The standard InChI is InChI=1S/C19H18N2S/c1-13-11-12-17(22-13)19-20-16-10-6-5-9-15(16)18(21-19)14-7-3-2-4-8-14/h2-12,18-21H,1H3/t18-,19-/m1/s1. The maximum atomic E-state index is 3.75. The number of rotatable bonds is 2. The SMILES string of the molecule is Cc1ccc([C@@H]2Nc3ccccc3[C@@H](c3ccccc3)N2)s1. The molecule has 0 saturated carbocycles. The molecule has 3 aromatic rings. The number of para-hydroxylation sites is 1. The number of aryl methyl sites for hydroxylation is 1. The van der Waals surface area contributed by atoms with Gasteiger partial charge in [0.15, 0.2) is 0 Å². The van der Waals surface area contributed by atoms with E-state index in [2.05, 4.69) is 84.3 Å². The number of anilines is 1. The van der Waals surface area contributed by atoms with E-state index in [0.717, 1.165) is 0 Å². The maximum Gasteiger partial charge on any atom is 0.113 e. The second-order valence-corrected chi connectivity index (χ2v) is 6.94. The normalized spacial score (nSPS) is 20.2. The van der Waals surface area contributed by atoms with Crippen molar-refractivity contribution < 1.29 is 0 Å². The van der Waals surface area contributed by atoms with Crippen molar-refractivity contribution in [1.29, 1.82) is 0 Å². The molecule has 1 aromatic heterocycles. The summed E-state index contributed by atoms with van der Waals surface area (Å²) in [6.45, 7) is 2.15. The van der Waals surface area contributed by atoms with Crippen LogP contribution in [0.15, 0.2) is 66.7 Å². The molecule has 4 rings (SSSR count). The molecule has 22 heavy (non-hydrogen) atoms. The van der Waals surface area contributed by atoms with Crippen LogP contribution >= 0.6 is 11.3 Å². The summed E-state index contributed by atoms with van der Waals surface area (Å²) in [5, 5.41) is 7.38. The van der Waals surface area contributed by atoms with Crippen molar-refractivity contribution in [3.05, 3.63) is 87.6 Å². The highest BCUT2D eigenvalue weighted by Gasteiger charge is 2.27. The van der Waals surface area contributed by atoms with Gasteiger partial charge in [0.2, 0.25) is 0 Å². The monoisotopic (exact) mass is 306 g/mol. The molecular formula is C19H18N2S. The Morgan fingerprint density at radius 2 is 1.64 bits per heavy atom. The summed E-state index contributed by atoms with van der Waals surface area (Å²) in [5.41, 5.74) is 3.82. The largest absolute Gasteiger partial charge is 0.365 e. The first-order chi connectivity index (χ1) is 10.8. The van der Waals surface area contributed by atoms with E-state index in [-0.39, 0.29) is 12.2 Å². The second kappa shape index (κ2) is 5.59. The maximum absolute atomic E-state index is 3.75. The van der Waals surface area contributed by atoms with Crippen molar-refractivity contribution in [1.82, 2.24) is 5.32 Å². The van der Waals surface area contributed by atoms with Crippen LogP contribution in [0.4, 0.5) is 5.69 Å². The van der Waals surface area contributed by atoms with Crippen LogP contribution in [0.5, 0.6) is 0 Å². The molecule has 0 fully saturated rings. The van der Waals surface area contributed by atoms with E-state index in [1.54, 1.807) is 0 Å². The van der Waals surface area contributed by atoms with Gasteiger partial charge in [-0.2, -0.15) is 0 Å². The number of nitrogens with one attached hydrogen (secondary N) is 2. The third-order valence-corrected chi connectivity index (χ3v) is 5.15. The fourth-order valence-corrected chi connectivity index (χ4v) is 3.91. The predicted octanol–water partition coefficient (Wildman–Crippen LogP) is 4.86. The average molecular weight is 306 g/mol. The number of thiophene rings is 1. The molecule has 0 aliphatic carbocycles. The van der Waals surface area contributed by atoms with Gasteiger partial charge in [-0.05, 0) is 36.2 Å². The van der Waals surface area contributed by atoms with Crippen LogP contribution in [0.2, 0.25) is 0 Å². The zero-order chi connectivity index (χ0) is 14.9. The van der Waals surface area contributed by atoms with Crippen LogP contribution in [0.1, 0.15) is 33.1 Å². The Morgan fingerprint density at radius 3 is 2.41 bits per heavy atom. The molecule has 0 spiro atoms. The first-order valence-electron chi connectivity index (χ1n) is 7.54. The number of hydrogen-bond acceptors (Lipinski definition) is 3. The Bertz CT molecular complexity index is 779. The van der Waals surface area contributed by atoms with Gasteiger partial charge in [-0.3, -0.25) is 5.32 Å². The van der Waals surface area contributed by atoms with Crippen LogP contribution in [0.3, 0.4) is 0 Å². The number of benzene rings is 2. The van der Waals surface area contributed by atoms with Crippen molar-refractivity contribution in [2.45, 2.75) is 19.1 Å². The number of hydrogen-bond donors (Lipinski definition) is 2. The lowest BCUT2D eigenvalue weighted by Crippen LogP contribution is -2.36. The Morgan fingerprint density at radius 1 is 0.864 bits per heavy atom. The molecule has 0 unspecified atom stereocenters. The highest BCUT2D eigenvalue weighted by Crippen LogP contribution is 2.37. The first kappa shape index (κ1) is 13.6. The lowest BCUT2D eigenvalue weighted by molar-refractivity contribution is 0.512. The first-order valence-corrected chi connectivity index (χ1v) is 8.36. The van der Waals surface area contributed by atoms with Gasteiger partial charge >= 0.3 is 0 Å². The Kier molecular flexibility index (Phi) is 3.45. The summed E-state index contributed by atoms with van der Waals surface area (Å²) in [6.07, 6.45) is 0.152. The van der Waals surface area contributed by atoms with Gasteiger partial charge in [-0.15, -0.1) is 11.3 Å². The summed E-state index contributed by atoms with van der Waals surface area (Å²) in [4.78, 5) is 2.67. The molecule has 0 radical (unpaired) electrons. The fraction of sp³-hybridized carbons (Fsp3) is 0.158. The van der Waals surface area contributed by atoms with E-state index < -0.39 is 0 Å². The van der Waals surface area contributed by atoms with Gasteiger partial charge in [-0.1, -0.05) is 48.5 Å². The molecule has 2 atom stereocenters. The minimum Gasteiger partial charge on any atom is -0.365 e. The summed E-state index contributed by atoms with van der Waals surface area (Å²) in [6, 6.07) is 23.8. The van der Waals surface area contributed by atoms with E-state index in [9.17, 15) is 0 Å². The molecule has 110 valence electrons. The van der Waals surface area contributed by atoms with Gasteiger partial charge < -0.3 is 5.32 Å². The molecule has 2 N–H and O–H groups in total. The molecule has 2 aromatic carbocycles. The van der Waals surface area contributed by atoms with Crippen molar-refractivity contribution in [3.63, 3.8) is 0 Å². The van der Waals surface area contributed by atoms with E-state index in [1.165, 1.54) is 26.6 Å². The minimum absolute atomic E-state index is 0.152. The molecule has 0 bridgehead atoms. The molecule has 3 heteroatoms. The lowest BCUT2D eigenvalue weighted by Gasteiger charge is -2.34. The topological polar surface area (TPSA) is 24.1 Å². The van der Waals surface area contributed by atoms with Gasteiger partial charge in [0.1, 0.15) is 6.17 Å². The molecule has 0 saturated heterocycles. The third kappa shape index (κ3) is 2.43. The smallest absolute Gasteiger partial charge is 0.113 e. The van der Waals surface area contributed by atoms with Crippen LogP contribution in [-0.4, -0.2) is 0 Å². The van der Waals surface area contributed by atoms with E-state index in [4.69, 9.17) is 0 Å². The van der Waals surface area contributed by atoms with Gasteiger partial charge in [0.25, 0.3) is 0 Å². The average Bonchev–Trinajstić information content (AvgIpc) is 3.01. The lowest BCUT2D eigenvalue weighted by atomic mass is 9.94. The highest BCUT2D eigenvalue weighted by atomic mass is 32.1. The summed E-state index contributed by atoms with van der Waals surface area (Å²) < 4.78 is 0. The minimum atomic E-state index is 0.152. The molecule has 1 aliphatic heterocycles. The fourth-order valence-electron chi connectivity index (χ4n) is 3.02. The van der Waals surface area contributed by atoms with Gasteiger partial charge in [0, 0.05) is 15.4 Å². The Labute approximate surface area is 134 Å². The second-order valence-electron chi connectivity index (χ2n) is 5.62. The summed E-state index contributed by atoms with van der Waals surface area (Å²) in [5.74, 6) is 0. The van der Waals surface area contributed by atoms with Crippen LogP contribution < -0.4 is 10.6 Å². The number of fused-ring (bicyclic) bond motifs is 1. The zero-order valence-corrected chi connectivity index (χ0v) is 13.2. The quantitative estimate of drug-likeness (QED) is 0.706. The van der Waals surface area contributed by atoms with Gasteiger partial charge in [0.05, 0.1) is 6.04 Å². The molecule has 2 heterocycles. The Balaban J connectivity index is 1.77. The van der Waals surface area contributed by atoms with Crippen molar-refractivity contribution >= 4 is 17.0 Å². The van der Waals surface area contributed by atoms with Crippen LogP contribution in [0.25, 0.3) is 0 Å².